The Morgan fingerprint density at radius 3 is 2.39 bits per heavy atom. The first-order chi connectivity index (χ1) is 10.9. The van der Waals surface area contributed by atoms with E-state index >= 15 is 0 Å². The topological polar surface area (TPSA) is 75.6 Å². The zero-order valence-electron chi connectivity index (χ0n) is 12.6. The standard InChI is InChI=1S/C16H19F2NO4/c17-11-5-6-13(12(18)9-11)23-10-14(20)19-16(15(21)22)7-3-1-2-4-8-16/h5-6,9H,1-4,7-8,10H2,(H,19,20)(H,21,22). The minimum Gasteiger partial charge on any atom is -0.481 e. The van der Waals surface area contributed by atoms with Gasteiger partial charge in [-0.15, -0.1) is 0 Å². The molecule has 0 unspecified atom stereocenters. The Kier molecular flexibility index (Phi) is 5.52. The van der Waals surface area contributed by atoms with Crippen LogP contribution in [0.5, 0.6) is 5.75 Å². The highest BCUT2D eigenvalue weighted by Gasteiger charge is 2.40. The lowest BCUT2D eigenvalue weighted by Crippen LogP contribution is -2.55. The minimum atomic E-state index is -1.29. The van der Waals surface area contributed by atoms with E-state index in [0.29, 0.717) is 18.9 Å². The molecule has 0 saturated heterocycles. The van der Waals surface area contributed by atoms with Gasteiger partial charge in [0.2, 0.25) is 0 Å². The zero-order chi connectivity index (χ0) is 16.9. The van der Waals surface area contributed by atoms with E-state index in [1.165, 1.54) is 0 Å². The van der Waals surface area contributed by atoms with Crippen LogP contribution in [0.25, 0.3) is 0 Å². The first-order valence-electron chi connectivity index (χ1n) is 7.55. The van der Waals surface area contributed by atoms with Crippen molar-refractivity contribution < 1.29 is 28.2 Å². The zero-order valence-corrected chi connectivity index (χ0v) is 12.6. The molecule has 0 heterocycles. The highest BCUT2D eigenvalue weighted by atomic mass is 19.1. The van der Waals surface area contributed by atoms with Gasteiger partial charge in [0.15, 0.2) is 18.2 Å². The van der Waals surface area contributed by atoms with Crippen LogP contribution in [0.15, 0.2) is 18.2 Å². The fourth-order valence-electron chi connectivity index (χ4n) is 2.76. The molecule has 0 aliphatic heterocycles. The number of hydrogen-bond donors (Lipinski definition) is 2. The van der Waals surface area contributed by atoms with E-state index in [0.717, 1.165) is 37.8 Å². The van der Waals surface area contributed by atoms with E-state index in [9.17, 15) is 23.5 Å². The highest BCUT2D eigenvalue weighted by molar-refractivity contribution is 5.87. The lowest BCUT2D eigenvalue weighted by atomic mass is 9.90. The number of amides is 1. The number of benzene rings is 1. The van der Waals surface area contributed by atoms with Crippen LogP contribution < -0.4 is 10.1 Å². The molecular weight excluding hydrogens is 308 g/mol. The fraction of sp³-hybridized carbons (Fsp3) is 0.500. The van der Waals surface area contributed by atoms with Crippen molar-refractivity contribution in [2.45, 2.75) is 44.1 Å². The molecule has 0 radical (unpaired) electrons. The molecular formula is C16H19F2NO4. The number of carboxylic acid groups (broad SMARTS) is 1. The van der Waals surface area contributed by atoms with Crippen LogP contribution in [0, 0.1) is 11.6 Å². The molecule has 1 aromatic rings. The van der Waals surface area contributed by atoms with Crippen molar-refractivity contribution in [3.05, 3.63) is 29.8 Å². The van der Waals surface area contributed by atoms with Crippen LogP contribution in [-0.4, -0.2) is 29.1 Å². The molecule has 23 heavy (non-hydrogen) atoms. The number of hydrogen-bond acceptors (Lipinski definition) is 3. The Balaban J connectivity index is 1.98. The van der Waals surface area contributed by atoms with Crippen LogP contribution in [0.3, 0.4) is 0 Å². The molecule has 126 valence electrons. The average Bonchev–Trinajstić information content (AvgIpc) is 2.73. The summed E-state index contributed by atoms with van der Waals surface area (Å²) in [5.41, 5.74) is -1.29. The lowest BCUT2D eigenvalue weighted by Gasteiger charge is -2.29. The summed E-state index contributed by atoms with van der Waals surface area (Å²) in [6, 6.07) is 2.74. The summed E-state index contributed by atoms with van der Waals surface area (Å²) in [4.78, 5) is 23.6. The van der Waals surface area contributed by atoms with Gasteiger partial charge < -0.3 is 15.2 Å². The molecule has 2 N–H and O–H groups in total. The average molecular weight is 327 g/mol. The van der Waals surface area contributed by atoms with Gasteiger partial charge in [-0.2, -0.15) is 0 Å². The Hall–Kier alpha value is -2.18. The number of nitrogens with one attached hydrogen (secondary N) is 1. The summed E-state index contributed by atoms with van der Waals surface area (Å²) in [6.07, 6.45) is 4.03. The number of halogens is 2. The predicted molar refractivity (Wildman–Crippen MR) is 78.1 cm³/mol. The SMILES string of the molecule is O=C(COc1ccc(F)cc1F)NC1(C(=O)O)CCCCCC1. The third kappa shape index (κ3) is 4.40. The smallest absolute Gasteiger partial charge is 0.329 e. The molecule has 1 saturated carbocycles. The number of carbonyl (C=O) groups excluding carboxylic acids is 1. The molecule has 1 fully saturated rings. The maximum atomic E-state index is 13.4. The molecule has 1 amide bonds. The lowest BCUT2D eigenvalue weighted by molar-refractivity contribution is -0.148. The van der Waals surface area contributed by atoms with Gasteiger partial charge in [0.1, 0.15) is 11.4 Å². The molecule has 0 atom stereocenters. The van der Waals surface area contributed by atoms with Crippen LogP contribution in [0.4, 0.5) is 8.78 Å². The van der Waals surface area contributed by atoms with Crippen LogP contribution in [-0.2, 0) is 9.59 Å². The molecule has 5 nitrogen and oxygen atoms in total. The van der Waals surface area contributed by atoms with Crippen LogP contribution >= 0.6 is 0 Å². The number of rotatable bonds is 5. The monoisotopic (exact) mass is 327 g/mol. The second-order valence-electron chi connectivity index (χ2n) is 5.71. The number of carbonyl (C=O) groups is 2. The summed E-state index contributed by atoms with van der Waals surface area (Å²) >= 11 is 0. The Bertz CT molecular complexity index is 583. The van der Waals surface area contributed by atoms with Crippen molar-refractivity contribution >= 4 is 11.9 Å². The molecule has 0 bridgehead atoms. The minimum absolute atomic E-state index is 0.258. The van der Waals surface area contributed by atoms with E-state index < -0.39 is 35.7 Å². The summed E-state index contributed by atoms with van der Waals surface area (Å²) in [5, 5.41) is 12.0. The van der Waals surface area contributed by atoms with Gasteiger partial charge in [-0.05, 0) is 25.0 Å². The predicted octanol–water partition coefficient (Wildman–Crippen LogP) is 2.64. The first kappa shape index (κ1) is 17.2. The highest BCUT2D eigenvalue weighted by Crippen LogP contribution is 2.27. The van der Waals surface area contributed by atoms with E-state index in [4.69, 9.17) is 4.74 Å². The van der Waals surface area contributed by atoms with E-state index in [1.54, 1.807) is 0 Å². The Morgan fingerprint density at radius 1 is 1.17 bits per heavy atom. The van der Waals surface area contributed by atoms with Gasteiger partial charge in [-0.25, -0.2) is 13.6 Å². The molecule has 1 aliphatic rings. The number of carboxylic acids is 1. The van der Waals surface area contributed by atoms with Crippen LogP contribution in [0.1, 0.15) is 38.5 Å². The number of ether oxygens (including phenoxy) is 1. The number of aliphatic carboxylic acids is 1. The van der Waals surface area contributed by atoms with E-state index in [-0.39, 0.29) is 5.75 Å². The van der Waals surface area contributed by atoms with Crippen LogP contribution in [0.2, 0.25) is 0 Å². The summed E-state index contributed by atoms with van der Waals surface area (Å²) in [5.74, 6) is -3.63. The second-order valence-corrected chi connectivity index (χ2v) is 5.71. The molecule has 0 aromatic heterocycles. The van der Waals surface area contributed by atoms with Crippen molar-refractivity contribution in [3.8, 4) is 5.75 Å². The largest absolute Gasteiger partial charge is 0.481 e. The van der Waals surface area contributed by atoms with E-state index in [1.807, 2.05) is 0 Å². The van der Waals surface area contributed by atoms with Gasteiger partial charge in [0.25, 0.3) is 5.91 Å². The third-order valence-electron chi connectivity index (χ3n) is 4.00. The molecule has 0 spiro atoms. The van der Waals surface area contributed by atoms with Gasteiger partial charge in [-0.3, -0.25) is 4.79 Å². The van der Waals surface area contributed by atoms with Crippen molar-refractivity contribution in [1.82, 2.24) is 5.32 Å². The van der Waals surface area contributed by atoms with Gasteiger partial charge >= 0.3 is 5.97 Å². The van der Waals surface area contributed by atoms with Gasteiger partial charge in [0.05, 0.1) is 0 Å². The van der Waals surface area contributed by atoms with E-state index in [2.05, 4.69) is 5.32 Å². The summed E-state index contributed by atoms with van der Waals surface area (Å²) < 4.78 is 31.2. The van der Waals surface area contributed by atoms with Crippen molar-refractivity contribution in [2.24, 2.45) is 0 Å². The van der Waals surface area contributed by atoms with Crippen molar-refractivity contribution in [1.29, 1.82) is 0 Å². The fourth-order valence-corrected chi connectivity index (χ4v) is 2.76. The Morgan fingerprint density at radius 2 is 1.83 bits per heavy atom. The quantitative estimate of drug-likeness (QED) is 0.815. The Labute approximate surface area is 132 Å². The third-order valence-corrected chi connectivity index (χ3v) is 4.00. The molecule has 1 aliphatic carbocycles. The van der Waals surface area contributed by atoms with Gasteiger partial charge in [0, 0.05) is 6.07 Å². The summed E-state index contributed by atoms with van der Waals surface area (Å²) in [7, 11) is 0. The van der Waals surface area contributed by atoms with Gasteiger partial charge in [-0.1, -0.05) is 25.7 Å². The maximum Gasteiger partial charge on any atom is 0.329 e. The second kappa shape index (κ2) is 7.39. The maximum absolute atomic E-state index is 13.4. The molecule has 7 heteroatoms. The van der Waals surface area contributed by atoms with Crippen molar-refractivity contribution in [2.75, 3.05) is 6.61 Å². The summed E-state index contributed by atoms with van der Waals surface area (Å²) in [6.45, 7) is -0.530. The van der Waals surface area contributed by atoms with Crippen molar-refractivity contribution in [3.63, 3.8) is 0 Å². The molecule has 1 aromatic carbocycles. The first-order valence-corrected chi connectivity index (χ1v) is 7.55. The normalized spacial score (nSPS) is 17.1. The molecule has 2 rings (SSSR count).